The van der Waals surface area contributed by atoms with E-state index in [1.54, 1.807) is 11.8 Å². The van der Waals surface area contributed by atoms with Gasteiger partial charge in [0.25, 0.3) is 0 Å². The van der Waals surface area contributed by atoms with Crippen molar-refractivity contribution in [3.8, 4) is 6.07 Å². The minimum absolute atomic E-state index is 0.323. The van der Waals surface area contributed by atoms with E-state index in [0.29, 0.717) is 18.6 Å². The minimum Gasteiger partial charge on any atom is -0.370 e. The lowest BCUT2D eigenvalue weighted by Crippen LogP contribution is -2.33. The summed E-state index contributed by atoms with van der Waals surface area (Å²) in [6.45, 7) is 8.79. The van der Waals surface area contributed by atoms with Gasteiger partial charge in [0, 0.05) is 23.4 Å². The molecule has 3 heterocycles. The van der Waals surface area contributed by atoms with E-state index in [1.165, 1.54) is 5.56 Å². The summed E-state index contributed by atoms with van der Waals surface area (Å²) in [6, 6.07) is 10.6. The molecule has 0 bridgehead atoms. The lowest BCUT2D eigenvalue weighted by Gasteiger charge is -2.33. The van der Waals surface area contributed by atoms with Crippen molar-refractivity contribution in [2.45, 2.75) is 64.3 Å². The van der Waals surface area contributed by atoms with Crippen molar-refractivity contribution in [1.29, 1.82) is 5.26 Å². The van der Waals surface area contributed by atoms with Gasteiger partial charge in [0.05, 0.1) is 17.8 Å². The Balaban J connectivity index is 1.92. The lowest BCUT2D eigenvalue weighted by molar-refractivity contribution is -0.0397. The maximum absolute atomic E-state index is 10.2. The third kappa shape index (κ3) is 3.90. The number of thioether (sulfide) groups is 1. The van der Waals surface area contributed by atoms with Crippen molar-refractivity contribution >= 4 is 28.9 Å². The van der Waals surface area contributed by atoms with Crippen LogP contribution in [0, 0.1) is 18.3 Å². The van der Waals surface area contributed by atoms with E-state index in [-0.39, 0.29) is 5.60 Å². The molecule has 0 saturated carbocycles. The van der Waals surface area contributed by atoms with E-state index in [1.807, 2.05) is 16.5 Å². The van der Waals surface area contributed by atoms with Crippen LogP contribution in [0.1, 0.15) is 55.9 Å². The second kappa shape index (κ2) is 8.29. The van der Waals surface area contributed by atoms with Gasteiger partial charge in [0.15, 0.2) is 10.8 Å². The van der Waals surface area contributed by atoms with Crippen LogP contribution in [0.5, 0.6) is 0 Å². The quantitative estimate of drug-likeness (QED) is 0.424. The summed E-state index contributed by atoms with van der Waals surface area (Å²) >= 11 is 1.68. The van der Waals surface area contributed by atoms with Crippen molar-refractivity contribution in [3.05, 3.63) is 46.5 Å². The molecule has 7 heteroatoms. The Morgan fingerprint density at radius 2 is 2.00 bits per heavy atom. The maximum atomic E-state index is 10.2. The Morgan fingerprint density at radius 1 is 1.23 bits per heavy atom. The fourth-order valence-corrected chi connectivity index (χ4v) is 4.73. The van der Waals surface area contributed by atoms with E-state index in [0.717, 1.165) is 52.0 Å². The van der Waals surface area contributed by atoms with Crippen molar-refractivity contribution in [3.63, 3.8) is 0 Å². The van der Waals surface area contributed by atoms with Gasteiger partial charge in [0.2, 0.25) is 0 Å². The van der Waals surface area contributed by atoms with E-state index in [4.69, 9.17) is 4.74 Å². The van der Waals surface area contributed by atoms with E-state index in [9.17, 15) is 5.26 Å². The van der Waals surface area contributed by atoms with Gasteiger partial charge in [-0.15, -0.1) is 10.2 Å². The van der Waals surface area contributed by atoms with Gasteiger partial charge in [-0.1, -0.05) is 42.8 Å². The third-order valence-corrected chi connectivity index (χ3v) is 6.41. The van der Waals surface area contributed by atoms with Crippen LogP contribution in [0.25, 0.3) is 5.65 Å². The first-order valence-electron chi connectivity index (χ1n) is 10.4. The molecule has 6 nitrogen and oxygen atoms in total. The molecule has 0 saturated heterocycles. The number of rotatable bonds is 6. The van der Waals surface area contributed by atoms with Crippen molar-refractivity contribution in [1.82, 2.24) is 14.6 Å². The number of nitrogens with zero attached hydrogens (tertiary/aromatic N) is 4. The van der Waals surface area contributed by atoms with Crippen molar-refractivity contribution < 1.29 is 4.74 Å². The standard InChI is InChI=1S/C23H27N5OS/c1-5-6-11-30-22-27-26-21-19-14-29-23(3,4)12-17(19)18(13-24)20(28(21)22)25-16-9-7-15(2)8-10-16/h7-10,25H,5-6,11-12,14H2,1-4H3. The first kappa shape index (κ1) is 20.7. The lowest BCUT2D eigenvalue weighted by atomic mass is 9.89. The zero-order chi connectivity index (χ0) is 21.3. The largest absolute Gasteiger partial charge is 0.370 e. The molecule has 0 aliphatic carbocycles. The molecular weight excluding hydrogens is 394 g/mol. The Kier molecular flexibility index (Phi) is 5.72. The van der Waals surface area contributed by atoms with Crippen molar-refractivity contribution in [2.75, 3.05) is 11.1 Å². The number of pyridine rings is 1. The normalized spacial score (nSPS) is 15.0. The number of benzene rings is 1. The number of fused-ring (bicyclic) bond motifs is 3. The number of nitrogens with one attached hydrogen (secondary N) is 1. The van der Waals surface area contributed by atoms with Crippen LogP contribution >= 0.6 is 11.8 Å². The molecule has 0 fully saturated rings. The number of aryl methyl sites for hydroxylation is 1. The average Bonchev–Trinajstić information content (AvgIpc) is 3.13. The van der Waals surface area contributed by atoms with Gasteiger partial charge in [0.1, 0.15) is 11.9 Å². The number of hydrogen-bond acceptors (Lipinski definition) is 6. The monoisotopic (exact) mass is 421 g/mol. The predicted octanol–water partition coefficient (Wildman–Crippen LogP) is 5.40. The van der Waals surface area contributed by atoms with Crippen LogP contribution in [0.15, 0.2) is 29.4 Å². The third-order valence-electron chi connectivity index (χ3n) is 5.39. The molecule has 0 radical (unpaired) electrons. The summed E-state index contributed by atoms with van der Waals surface area (Å²) in [7, 11) is 0. The zero-order valence-electron chi connectivity index (χ0n) is 18.0. The van der Waals surface area contributed by atoms with Gasteiger partial charge in [-0.2, -0.15) is 5.26 Å². The van der Waals surface area contributed by atoms with E-state index in [2.05, 4.69) is 61.4 Å². The summed E-state index contributed by atoms with van der Waals surface area (Å²) in [5, 5.41) is 23.5. The smallest absolute Gasteiger partial charge is 0.197 e. The Bertz CT molecular complexity index is 1110. The molecule has 0 unspecified atom stereocenters. The topological polar surface area (TPSA) is 75.2 Å². The Labute approximate surface area is 181 Å². The van der Waals surface area contributed by atoms with Crippen LogP contribution in [0.4, 0.5) is 11.5 Å². The molecule has 156 valence electrons. The minimum atomic E-state index is -0.323. The summed E-state index contributed by atoms with van der Waals surface area (Å²) in [5.41, 5.74) is 5.19. The first-order chi connectivity index (χ1) is 14.4. The molecule has 0 spiro atoms. The number of anilines is 2. The van der Waals surface area contributed by atoms with Gasteiger partial charge in [-0.25, -0.2) is 0 Å². The van der Waals surface area contributed by atoms with Gasteiger partial charge < -0.3 is 10.1 Å². The summed E-state index contributed by atoms with van der Waals surface area (Å²) in [6.07, 6.45) is 2.89. The number of hydrogen-bond donors (Lipinski definition) is 1. The van der Waals surface area contributed by atoms with Gasteiger partial charge in [-0.05, 0) is 44.9 Å². The van der Waals surface area contributed by atoms with Crippen LogP contribution in [0.3, 0.4) is 0 Å². The fourth-order valence-electron chi connectivity index (χ4n) is 3.71. The zero-order valence-corrected chi connectivity index (χ0v) is 18.8. The van der Waals surface area contributed by atoms with Crippen LogP contribution in [-0.4, -0.2) is 26.0 Å². The molecule has 3 aromatic rings. The second-order valence-electron chi connectivity index (χ2n) is 8.35. The fraction of sp³-hybridized carbons (Fsp3) is 0.435. The van der Waals surface area contributed by atoms with Crippen LogP contribution < -0.4 is 5.32 Å². The summed E-state index contributed by atoms with van der Waals surface area (Å²) in [4.78, 5) is 0. The van der Waals surface area contributed by atoms with Crippen molar-refractivity contribution in [2.24, 2.45) is 0 Å². The average molecular weight is 422 g/mol. The molecule has 1 aliphatic heterocycles. The van der Waals surface area contributed by atoms with Gasteiger partial charge >= 0.3 is 0 Å². The summed E-state index contributed by atoms with van der Waals surface area (Å²) < 4.78 is 8.06. The Hall–Kier alpha value is -2.56. The Morgan fingerprint density at radius 3 is 2.70 bits per heavy atom. The number of nitriles is 1. The molecular formula is C23H27N5OS. The molecule has 30 heavy (non-hydrogen) atoms. The number of ether oxygens (including phenoxy) is 1. The number of unbranched alkanes of at least 4 members (excludes halogenated alkanes) is 1. The highest BCUT2D eigenvalue weighted by Crippen LogP contribution is 2.38. The maximum Gasteiger partial charge on any atom is 0.197 e. The number of aromatic nitrogens is 3. The molecule has 4 rings (SSSR count). The van der Waals surface area contributed by atoms with E-state index < -0.39 is 0 Å². The summed E-state index contributed by atoms with van der Waals surface area (Å²) in [5.74, 6) is 1.70. The van der Waals surface area contributed by atoms with E-state index >= 15 is 0 Å². The highest BCUT2D eigenvalue weighted by atomic mass is 32.2. The highest BCUT2D eigenvalue weighted by molar-refractivity contribution is 7.99. The molecule has 0 amide bonds. The van der Waals surface area contributed by atoms with Crippen LogP contribution in [0.2, 0.25) is 0 Å². The molecule has 2 aromatic heterocycles. The molecule has 0 atom stereocenters. The highest BCUT2D eigenvalue weighted by Gasteiger charge is 2.33. The predicted molar refractivity (Wildman–Crippen MR) is 120 cm³/mol. The first-order valence-corrected chi connectivity index (χ1v) is 11.4. The SMILES string of the molecule is CCCCSc1nnc2c3c(c(C#N)c(Nc4ccc(C)cc4)n12)CC(C)(C)OC3. The molecule has 1 aromatic carbocycles. The van der Waals surface area contributed by atoms with Crippen LogP contribution in [-0.2, 0) is 17.8 Å². The second-order valence-corrected chi connectivity index (χ2v) is 9.41. The van der Waals surface area contributed by atoms with Gasteiger partial charge in [-0.3, -0.25) is 4.40 Å². The molecule has 1 N–H and O–H groups in total. The molecule has 1 aliphatic rings.